The topological polar surface area (TPSA) is 47.6 Å². The molecule has 110 valence electrons. The Morgan fingerprint density at radius 1 is 1.25 bits per heavy atom. The molecule has 1 saturated carbocycles. The number of carbonyl (C=O) groups excluding carboxylic acids is 1. The number of ether oxygens (including phenoxy) is 2. The van der Waals surface area contributed by atoms with Crippen LogP contribution >= 0.6 is 0 Å². The van der Waals surface area contributed by atoms with Gasteiger partial charge in [-0.15, -0.1) is 0 Å². The number of rotatable bonds is 4. The number of nitrogens with one attached hydrogen (secondary N) is 1. The molecule has 2 rings (SSSR count). The van der Waals surface area contributed by atoms with E-state index in [0.29, 0.717) is 6.61 Å². The molecule has 1 aromatic carbocycles. The van der Waals surface area contributed by atoms with Crippen molar-refractivity contribution in [2.45, 2.75) is 58.0 Å². The first-order valence-corrected chi connectivity index (χ1v) is 7.09. The van der Waals surface area contributed by atoms with Crippen molar-refractivity contribution in [1.29, 1.82) is 0 Å². The highest BCUT2D eigenvalue weighted by Crippen LogP contribution is 2.25. The maximum Gasteiger partial charge on any atom is 0.407 e. The molecule has 1 aliphatic rings. The molecule has 0 bridgehead atoms. The number of amides is 1. The highest BCUT2D eigenvalue weighted by atomic mass is 16.6. The third-order valence-electron chi connectivity index (χ3n) is 3.22. The van der Waals surface area contributed by atoms with Gasteiger partial charge in [0.1, 0.15) is 5.60 Å². The van der Waals surface area contributed by atoms with E-state index in [1.807, 2.05) is 51.1 Å². The van der Waals surface area contributed by atoms with Crippen LogP contribution in [0.5, 0.6) is 0 Å². The maximum absolute atomic E-state index is 11.7. The summed E-state index contributed by atoms with van der Waals surface area (Å²) in [5, 5.41) is 2.87. The molecule has 0 radical (unpaired) electrons. The number of alkyl carbamates (subject to hydrolysis) is 1. The molecule has 2 unspecified atom stereocenters. The minimum atomic E-state index is -0.464. The Morgan fingerprint density at radius 3 is 2.50 bits per heavy atom. The van der Waals surface area contributed by atoms with Crippen LogP contribution in [0.25, 0.3) is 0 Å². The molecule has 1 N–H and O–H groups in total. The van der Waals surface area contributed by atoms with Crippen molar-refractivity contribution in [3.05, 3.63) is 35.9 Å². The predicted molar refractivity (Wildman–Crippen MR) is 77.4 cm³/mol. The van der Waals surface area contributed by atoms with Crippen LogP contribution in [0.4, 0.5) is 4.79 Å². The first kappa shape index (κ1) is 14.9. The third-order valence-corrected chi connectivity index (χ3v) is 3.22. The monoisotopic (exact) mass is 277 g/mol. The normalized spacial score (nSPS) is 21.9. The molecule has 0 saturated heterocycles. The van der Waals surface area contributed by atoms with E-state index in [1.54, 1.807) is 0 Å². The van der Waals surface area contributed by atoms with Crippen molar-refractivity contribution in [2.24, 2.45) is 0 Å². The quantitative estimate of drug-likeness (QED) is 0.919. The molecule has 1 amide bonds. The SMILES string of the molecule is CC(C)(C)OC(=O)NC1CCC1OCc1ccccc1. The van der Waals surface area contributed by atoms with E-state index in [2.05, 4.69) is 5.32 Å². The second-order valence-corrected chi connectivity index (χ2v) is 6.17. The van der Waals surface area contributed by atoms with Crippen LogP contribution in [0.3, 0.4) is 0 Å². The van der Waals surface area contributed by atoms with Crippen LogP contribution in [0.15, 0.2) is 30.3 Å². The molecule has 4 nitrogen and oxygen atoms in total. The molecule has 0 aromatic heterocycles. The van der Waals surface area contributed by atoms with Crippen molar-refractivity contribution >= 4 is 6.09 Å². The van der Waals surface area contributed by atoms with Gasteiger partial charge in [-0.05, 0) is 39.2 Å². The van der Waals surface area contributed by atoms with Crippen LogP contribution in [-0.4, -0.2) is 23.8 Å². The van der Waals surface area contributed by atoms with Gasteiger partial charge < -0.3 is 14.8 Å². The summed E-state index contributed by atoms with van der Waals surface area (Å²) in [5.74, 6) is 0. The van der Waals surface area contributed by atoms with Gasteiger partial charge in [0.15, 0.2) is 0 Å². The number of hydrogen-bond donors (Lipinski definition) is 1. The average molecular weight is 277 g/mol. The highest BCUT2D eigenvalue weighted by Gasteiger charge is 2.34. The zero-order chi connectivity index (χ0) is 14.6. The molecule has 0 spiro atoms. The lowest BCUT2D eigenvalue weighted by atomic mass is 9.89. The van der Waals surface area contributed by atoms with Crippen molar-refractivity contribution < 1.29 is 14.3 Å². The summed E-state index contributed by atoms with van der Waals surface area (Å²) in [6.07, 6.45) is 1.64. The Hall–Kier alpha value is -1.55. The standard InChI is InChI=1S/C16H23NO3/c1-16(2,3)20-15(18)17-13-9-10-14(13)19-11-12-7-5-4-6-8-12/h4-8,13-14H,9-11H2,1-3H3,(H,17,18). The molecule has 1 fully saturated rings. The molecule has 2 atom stereocenters. The minimum absolute atomic E-state index is 0.0635. The summed E-state index contributed by atoms with van der Waals surface area (Å²) in [5.41, 5.74) is 0.684. The second-order valence-electron chi connectivity index (χ2n) is 6.17. The smallest absolute Gasteiger partial charge is 0.407 e. The Labute approximate surface area is 120 Å². The highest BCUT2D eigenvalue weighted by molar-refractivity contribution is 5.68. The molecular weight excluding hydrogens is 254 g/mol. The molecule has 0 heterocycles. The van der Waals surface area contributed by atoms with E-state index < -0.39 is 5.60 Å². The fourth-order valence-electron chi connectivity index (χ4n) is 2.07. The average Bonchev–Trinajstić information content (AvgIpc) is 2.34. The van der Waals surface area contributed by atoms with Gasteiger partial charge in [0, 0.05) is 0 Å². The fraction of sp³-hybridized carbons (Fsp3) is 0.562. The van der Waals surface area contributed by atoms with Gasteiger partial charge in [-0.25, -0.2) is 4.79 Å². The lowest BCUT2D eigenvalue weighted by molar-refractivity contribution is -0.0391. The Morgan fingerprint density at radius 2 is 1.95 bits per heavy atom. The van der Waals surface area contributed by atoms with Gasteiger partial charge in [-0.1, -0.05) is 30.3 Å². The maximum atomic E-state index is 11.7. The van der Waals surface area contributed by atoms with E-state index in [1.165, 1.54) is 0 Å². The van der Waals surface area contributed by atoms with Gasteiger partial charge in [-0.2, -0.15) is 0 Å². The lowest BCUT2D eigenvalue weighted by Gasteiger charge is -2.37. The van der Waals surface area contributed by atoms with Crippen LogP contribution in [-0.2, 0) is 16.1 Å². The zero-order valence-corrected chi connectivity index (χ0v) is 12.4. The van der Waals surface area contributed by atoms with Gasteiger partial charge in [0.25, 0.3) is 0 Å². The van der Waals surface area contributed by atoms with Crippen molar-refractivity contribution in [2.75, 3.05) is 0 Å². The summed E-state index contributed by atoms with van der Waals surface area (Å²) in [4.78, 5) is 11.7. The Bertz CT molecular complexity index is 439. The van der Waals surface area contributed by atoms with Crippen LogP contribution in [0.1, 0.15) is 39.2 Å². The molecule has 1 aromatic rings. The number of carbonyl (C=O) groups is 1. The summed E-state index contributed by atoms with van der Waals surface area (Å²) in [7, 11) is 0. The van der Waals surface area contributed by atoms with Crippen LogP contribution in [0.2, 0.25) is 0 Å². The molecule has 4 heteroatoms. The molecule has 0 aliphatic heterocycles. The third kappa shape index (κ3) is 4.53. The summed E-state index contributed by atoms with van der Waals surface area (Å²) < 4.78 is 11.1. The van der Waals surface area contributed by atoms with E-state index in [-0.39, 0.29) is 18.2 Å². The Balaban J connectivity index is 1.74. The van der Waals surface area contributed by atoms with Crippen molar-refractivity contribution in [1.82, 2.24) is 5.32 Å². The Kier molecular flexibility index (Phi) is 4.65. The van der Waals surface area contributed by atoms with E-state index in [0.717, 1.165) is 18.4 Å². The van der Waals surface area contributed by atoms with E-state index in [9.17, 15) is 4.79 Å². The molecule has 1 aliphatic carbocycles. The van der Waals surface area contributed by atoms with Gasteiger partial charge in [0.2, 0.25) is 0 Å². The summed E-state index contributed by atoms with van der Waals surface area (Å²) >= 11 is 0. The van der Waals surface area contributed by atoms with Crippen LogP contribution < -0.4 is 5.32 Å². The molecular formula is C16H23NO3. The van der Waals surface area contributed by atoms with E-state index >= 15 is 0 Å². The summed E-state index contributed by atoms with van der Waals surface area (Å²) in [6.45, 7) is 6.15. The number of hydrogen-bond acceptors (Lipinski definition) is 3. The fourth-order valence-corrected chi connectivity index (χ4v) is 2.07. The van der Waals surface area contributed by atoms with E-state index in [4.69, 9.17) is 9.47 Å². The van der Waals surface area contributed by atoms with Crippen LogP contribution in [0, 0.1) is 0 Å². The van der Waals surface area contributed by atoms with Crippen molar-refractivity contribution in [3.63, 3.8) is 0 Å². The minimum Gasteiger partial charge on any atom is -0.444 e. The van der Waals surface area contributed by atoms with Crippen molar-refractivity contribution in [3.8, 4) is 0 Å². The first-order chi connectivity index (χ1) is 9.44. The predicted octanol–water partition coefficient (Wildman–Crippen LogP) is 3.26. The molecule has 20 heavy (non-hydrogen) atoms. The first-order valence-electron chi connectivity index (χ1n) is 7.09. The number of benzene rings is 1. The summed E-state index contributed by atoms with van der Waals surface area (Å²) in [6, 6.07) is 10.1. The second kappa shape index (κ2) is 6.27. The largest absolute Gasteiger partial charge is 0.444 e. The van der Waals surface area contributed by atoms with Gasteiger partial charge in [-0.3, -0.25) is 0 Å². The van der Waals surface area contributed by atoms with Gasteiger partial charge in [0.05, 0.1) is 18.8 Å². The van der Waals surface area contributed by atoms with Gasteiger partial charge >= 0.3 is 6.09 Å². The lowest BCUT2D eigenvalue weighted by Crippen LogP contribution is -2.52. The zero-order valence-electron chi connectivity index (χ0n) is 12.4.